The van der Waals surface area contributed by atoms with Crippen LogP contribution in [-0.2, 0) is 23.8 Å². The van der Waals surface area contributed by atoms with Crippen molar-refractivity contribution in [1.29, 1.82) is 0 Å². The van der Waals surface area contributed by atoms with Crippen LogP contribution in [-0.4, -0.2) is 90.6 Å². The fourth-order valence-corrected chi connectivity index (χ4v) is 3.92. The van der Waals surface area contributed by atoms with E-state index in [9.17, 15) is 19.5 Å². The van der Waals surface area contributed by atoms with Crippen molar-refractivity contribution in [3.05, 3.63) is 29.8 Å². The summed E-state index contributed by atoms with van der Waals surface area (Å²) >= 11 is 0. The van der Waals surface area contributed by atoms with Crippen molar-refractivity contribution in [1.82, 2.24) is 9.80 Å². The average Bonchev–Trinajstić information content (AvgIpc) is 2.97. The molecule has 32 heavy (non-hydrogen) atoms. The third kappa shape index (κ3) is 4.97. The molecule has 1 aromatic carbocycles. The number of amides is 2. The van der Waals surface area contributed by atoms with Gasteiger partial charge in [0, 0.05) is 6.54 Å². The van der Waals surface area contributed by atoms with Gasteiger partial charge in [0.25, 0.3) is 5.91 Å². The predicted octanol–water partition coefficient (Wildman–Crippen LogP) is 1.69. The van der Waals surface area contributed by atoms with Gasteiger partial charge in [-0.15, -0.1) is 0 Å². The normalized spacial score (nSPS) is 21.2. The maximum absolute atomic E-state index is 13.8. The van der Waals surface area contributed by atoms with E-state index in [1.807, 2.05) is 0 Å². The van der Waals surface area contributed by atoms with E-state index in [2.05, 4.69) is 0 Å². The smallest absolute Gasteiger partial charge is 0.411 e. The van der Waals surface area contributed by atoms with Crippen molar-refractivity contribution in [2.75, 3.05) is 46.6 Å². The highest BCUT2D eigenvalue weighted by atomic mass is 16.6. The summed E-state index contributed by atoms with van der Waals surface area (Å²) in [4.78, 5) is 41.3. The maximum atomic E-state index is 13.8. The van der Waals surface area contributed by atoms with Gasteiger partial charge in [0.1, 0.15) is 17.9 Å². The Bertz CT molecular complexity index is 858. The molecule has 10 heteroatoms. The van der Waals surface area contributed by atoms with Crippen LogP contribution in [0, 0.1) is 0 Å². The quantitative estimate of drug-likeness (QED) is 0.737. The Hall–Kier alpha value is -2.85. The number of carboxylic acid groups (broad SMARTS) is 1. The molecule has 0 aliphatic carbocycles. The van der Waals surface area contributed by atoms with Crippen molar-refractivity contribution in [3.63, 3.8) is 0 Å². The number of carboxylic acids is 1. The first-order valence-corrected chi connectivity index (χ1v) is 10.4. The molecule has 1 atom stereocenters. The molecular formula is C22H30N2O8. The van der Waals surface area contributed by atoms with E-state index in [-0.39, 0.29) is 33.0 Å². The van der Waals surface area contributed by atoms with Gasteiger partial charge in [-0.3, -0.25) is 14.5 Å². The molecule has 1 aromatic rings. The number of hydrogen-bond donors (Lipinski definition) is 1. The SMILES string of the molecule is COc1cccc(C2CN(C(=O)OC(C)(C)C)C3(COCCOC3)C(=O)N2CC(=O)O)c1. The van der Waals surface area contributed by atoms with Crippen molar-refractivity contribution in [2.45, 2.75) is 38.0 Å². The number of nitrogens with zero attached hydrogens (tertiary/aromatic N) is 2. The Balaban J connectivity index is 2.09. The second kappa shape index (κ2) is 9.33. The van der Waals surface area contributed by atoms with E-state index in [1.165, 1.54) is 16.9 Å². The number of benzene rings is 1. The number of rotatable bonds is 4. The minimum atomic E-state index is -1.52. The molecule has 2 amide bonds. The Kier molecular flexibility index (Phi) is 6.94. The van der Waals surface area contributed by atoms with Crippen molar-refractivity contribution in [3.8, 4) is 5.75 Å². The summed E-state index contributed by atoms with van der Waals surface area (Å²) in [7, 11) is 1.52. The molecule has 2 aliphatic heterocycles. The van der Waals surface area contributed by atoms with Gasteiger partial charge in [0.2, 0.25) is 0 Å². The predicted molar refractivity (Wildman–Crippen MR) is 112 cm³/mol. The number of methoxy groups -OCH3 is 1. The van der Waals surface area contributed by atoms with Gasteiger partial charge in [-0.25, -0.2) is 4.79 Å². The lowest BCUT2D eigenvalue weighted by Gasteiger charge is -2.51. The highest BCUT2D eigenvalue weighted by molar-refractivity contribution is 5.94. The van der Waals surface area contributed by atoms with Gasteiger partial charge in [-0.05, 0) is 38.5 Å². The Morgan fingerprint density at radius 2 is 1.88 bits per heavy atom. The minimum Gasteiger partial charge on any atom is -0.497 e. The fourth-order valence-electron chi connectivity index (χ4n) is 3.92. The first-order chi connectivity index (χ1) is 15.1. The molecule has 1 N–H and O–H groups in total. The average molecular weight is 450 g/mol. The topological polar surface area (TPSA) is 115 Å². The monoisotopic (exact) mass is 450 g/mol. The van der Waals surface area contributed by atoms with E-state index in [0.717, 1.165) is 0 Å². The van der Waals surface area contributed by atoms with Crippen LogP contribution in [0.25, 0.3) is 0 Å². The van der Waals surface area contributed by atoms with E-state index in [1.54, 1.807) is 45.0 Å². The first kappa shape index (κ1) is 23.8. The molecule has 176 valence electrons. The minimum absolute atomic E-state index is 0.00776. The van der Waals surface area contributed by atoms with Gasteiger partial charge in [0.15, 0.2) is 5.54 Å². The maximum Gasteiger partial charge on any atom is 0.411 e. The number of aliphatic carboxylic acids is 1. The zero-order valence-corrected chi connectivity index (χ0v) is 18.8. The highest BCUT2D eigenvalue weighted by Crippen LogP contribution is 2.37. The second-order valence-electron chi connectivity index (χ2n) is 8.85. The second-order valence-corrected chi connectivity index (χ2v) is 8.85. The summed E-state index contributed by atoms with van der Waals surface area (Å²) in [5.74, 6) is -1.18. The van der Waals surface area contributed by atoms with Crippen LogP contribution in [0.1, 0.15) is 32.4 Å². The van der Waals surface area contributed by atoms with E-state index in [0.29, 0.717) is 11.3 Å². The third-order valence-corrected chi connectivity index (χ3v) is 5.36. The molecule has 2 aliphatic rings. The molecule has 0 aromatic heterocycles. The van der Waals surface area contributed by atoms with E-state index >= 15 is 0 Å². The Labute approximate surface area is 187 Å². The largest absolute Gasteiger partial charge is 0.497 e. The Morgan fingerprint density at radius 3 is 2.44 bits per heavy atom. The number of hydrogen-bond acceptors (Lipinski definition) is 7. The molecular weight excluding hydrogens is 420 g/mol. The van der Waals surface area contributed by atoms with Crippen LogP contribution in [0.5, 0.6) is 5.75 Å². The summed E-state index contributed by atoms with van der Waals surface area (Å²) in [5, 5.41) is 9.53. The molecule has 2 saturated heterocycles. The van der Waals surface area contributed by atoms with Gasteiger partial charge in [0.05, 0.1) is 39.6 Å². The van der Waals surface area contributed by atoms with Gasteiger partial charge in [-0.2, -0.15) is 0 Å². The molecule has 1 unspecified atom stereocenters. The zero-order valence-electron chi connectivity index (χ0n) is 18.8. The van der Waals surface area contributed by atoms with Crippen molar-refractivity contribution in [2.24, 2.45) is 0 Å². The lowest BCUT2D eigenvalue weighted by Crippen LogP contribution is -2.72. The Morgan fingerprint density at radius 1 is 1.22 bits per heavy atom. The molecule has 2 fully saturated rings. The molecule has 0 radical (unpaired) electrons. The third-order valence-electron chi connectivity index (χ3n) is 5.36. The van der Waals surface area contributed by atoms with Crippen LogP contribution < -0.4 is 4.74 Å². The van der Waals surface area contributed by atoms with Gasteiger partial charge in [-0.1, -0.05) is 12.1 Å². The van der Waals surface area contributed by atoms with Gasteiger partial charge >= 0.3 is 12.1 Å². The van der Waals surface area contributed by atoms with Gasteiger partial charge < -0.3 is 29.0 Å². The van der Waals surface area contributed by atoms with E-state index < -0.39 is 41.7 Å². The molecule has 2 heterocycles. The van der Waals surface area contributed by atoms with Crippen LogP contribution in [0.2, 0.25) is 0 Å². The molecule has 0 saturated carbocycles. The van der Waals surface area contributed by atoms with Crippen molar-refractivity contribution < 1.29 is 38.4 Å². The standard InChI is InChI=1S/C22H30N2O8/c1-21(2,3)32-20(28)24-11-17(15-6-5-7-16(10-15)29-4)23(12-18(25)26)19(27)22(24)13-30-8-9-31-14-22/h5-7,10,17H,8-9,11-14H2,1-4H3,(H,25,26). The molecule has 3 rings (SSSR count). The zero-order chi connectivity index (χ0) is 23.5. The van der Waals surface area contributed by atoms with Crippen LogP contribution >= 0.6 is 0 Å². The lowest BCUT2D eigenvalue weighted by atomic mass is 9.89. The van der Waals surface area contributed by atoms with Crippen LogP contribution in [0.3, 0.4) is 0 Å². The van der Waals surface area contributed by atoms with E-state index in [4.69, 9.17) is 18.9 Å². The van der Waals surface area contributed by atoms with Crippen LogP contribution in [0.15, 0.2) is 24.3 Å². The number of carbonyl (C=O) groups excluding carboxylic acids is 2. The summed E-state index contributed by atoms with van der Waals surface area (Å²) < 4.78 is 22.1. The summed E-state index contributed by atoms with van der Waals surface area (Å²) in [5.41, 5.74) is -1.68. The molecule has 10 nitrogen and oxygen atoms in total. The van der Waals surface area contributed by atoms with Crippen molar-refractivity contribution >= 4 is 18.0 Å². The number of carbonyl (C=O) groups is 3. The molecule has 1 spiro atoms. The summed E-state index contributed by atoms with van der Waals surface area (Å²) in [6.07, 6.45) is -0.692. The molecule has 0 bridgehead atoms. The number of ether oxygens (including phenoxy) is 4. The highest BCUT2D eigenvalue weighted by Gasteiger charge is 2.57. The van der Waals surface area contributed by atoms with Crippen LogP contribution in [0.4, 0.5) is 4.79 Å². The fraction of sp³-hybridized carbons (Fsp3) is 0.591. The first-order valence-electron chi connectivity index (χ1n) is 10.4. The summed E-state index contributed by atoms with van der Waals surface area (Å²) in [6, 6.07) is 6.25. The number of piperazine rings is 1. The summed E-state index contributed by atoms with van der Waals surface area (Å²) in [6.45, 7) is 4.96. The lowest BCUT2D eigenvalue weighted by molar-refractivity contribution is -0.168.